The number of carbonyl (C=O) groups excluding carboxylic acids is 1. The van der Waals surface area contributed by atoms with Crippen LogP contribution in [0.5, 0.6) is 5.75 Å². The van der Waals surface area contributed by atoms with Gasteiger partial charge in [-0.05, 0) is 43.4 Å². The Bertz CT molecular complexity index is 1740. The molecule has 1 atom stereocenters. The van der Waals surface area contributed by atoms with E-state index in [0.29, 0.717) is 41.3 Å². The van der Waals surface area contributed by atoms with Gasteiger partial charge in [-0.25, -0.2) is 4.68 Å². The van der Waals surface area contributed by atoms with Gasteiger partial charge in [0.25, 0.3) is 5.91 Å². The molecule has 5 aromatic rings. The van der Waals surface area contributed by atoms with Crippen LogP contribution in [0.3, 0.4) is 0 Å². The quantitative estimate of drug-likeness (QED) is 0.193. The fourth-order valence-electron chi connectivity index (χ4n) is 5.35. The Kier molecular flexibility index (Phi) is 7.52. The highest BCUT2D eigenvalue weighted by molar-refractivity contribution is 7.99. The molecule has 0 radical (unpaired) electrons. The molecule has 0 spiro atoms. The molecule has 2 N–H and O–H groups in total. The first-order valence-electron chi connectivity index (χ1n) is 13.8. The lowest BCUT2D eigenvalue weighted by Gasteiger charge is -2.28. The number of para-hydroxylation sites is 3. The Morgan fingerprint density at radius 2 is 1.78 bits per heavy atom. The van der Waals surface area contributed by atoms with Crippen LogP contribution in [0.1, 0.15) is 37.9 Å². The SMILES string of the molecule is CCOc1ccccc1NC(=O)C1=C(C)Nc2nc(SCC)nn2C1c1cn(Cc2ccccc2)c2ccccc12. The number of anilines is 2. The minimum Gasteiger partial charge on any atom is -0.492 e. The van der Waals surface area contributed by atoms with E-state index in [2.05, 4.69) is 64.7 Å². The largest absolute Gasteiger partial charge is 0.492 e. The summed E-state index contributed by atoms with van der Waals surface area (Å²) in [5, 5.41) is 13.1. The summed E-state index contributed by atoms with van der Waals surface area (Å²) >= 11 is 1.57. The van der Waals surface area contributed by atoms with Gasteiger partial charge >= 0.3 is 0 Å². The van der Waals surface area contributed by atoms with Gasteiger partial charge in [-0.2, -0.15) is 4.98 Å². The Balaban J connectivity index is 1.49. The maximum atomic E-state index is 14.2. The van der Waals surface area contributed by atoms with E-state index in [1.807, 2.05) is 61.0 Å². The first-order chi connectivity index (χ1) is 20.1. The van der Waals surface area contributed by atoms with Gasteiger partial charge in [-0.15, -0.1) is 5.10 Å². The van der Waals surface area contributed by atoms with E-state index < -0.39 is 6.04 Å². The normalized spacial score (nSPS) is 14.6. The molecule has 8 nitrogen and oxygen atoms in total. The van der Waals surface area contributed by atoms with Gasteiger partial charge in [0.05, 0.1) is 17.9 Å². The molecule has 1 aliphatic heterocycles. The number of rotatable bonds is 9. The van der Waals surface area contributed by atoms with Crippen LogP contribution in [0.25, 0.3) is 10.9 Å². The number of nitrogens with zero attached hydrogens (tertiary/aromatic N) is 4. The van der Waals surface area contributed by atoms with E-state index in [4.69, 9.17) is 14.8 Å². The summed E-state index contributed by atoms with van der Waals surface area (Å²) in [4.78, 5) is 18.9. The van der Waals surface area contributed by atoms with E-state index >= 15 is 0 Å². The van der Waals surface area contributed by atoms with Gasteiger partial charge in [0, 0.05) is 34.9 Å². The lowest BCUT2D eigenvalue weighted by molar-refractivity contribution is -0.113. The second-order valence-corrected chi connectivity index (χ2v) is 11.0. The predicted octanol–water partition coefficient (Wildman–Crippen LogP) is 6.72. The summed E-state index contributed by atoms with van der Waals surface area (Å²) in [5.74, 6) is 1.87. The highest BCUT2D eigenvalue weighted by Gasteiger charge is 2.36. The Labute approximate surface area is 243 Å². The van der Waals surface area contributed by atoms with Crippen LogP contribution in [0.15, 0.2) is 101 Å². The first-order valence-corrected chi connectivity index (χ1v) is 14.8. The fourth-order valence-corrected chi connectivity index (χ4v) is 5.90. The van der Waals surface area contributed by atoms with Crippen molar-refractivity contribution >= 4 is 40.2 Å². The van der Waals surface area contributed by atoms with E-state index in [1.54, 1.807) is 11.8 Å². The van der Waals surface area contributed by atoms with E-state index in [-0.39, 0.29) is 5.91 Å². The van der Waals surface area contributed by atoms with Gasteiger partial charge in [0.15, 0.2) is 0 Å². The molecule has 1 unspecified atom stereocenters. The average molecular weight is 565 g/mol. The molecule has 0 aliphatic carbocycles. The lowest BCUT2D eigenvalue weighted by atomic mass is 9.94. The topological polar surface area (TPSA) is 86.0 Å². The zero-order valence-electron chi connectivity index (χ0n) is 23.3. The van der Waals surface area contributed by atoms with Crippen molar-refractivity contribution in [1.29, 1.82) is 0 Å². The number of allylic oxidation sites excluding steroid dienone is 1. The standard InChI is InChI=1S/C32H32N6O2S/c1-4-40-27-18-12-10-16-25(27)34-30(39)28-21(3)33-31-35-32(41-5-2)36-38(31)29(28)24-20-37(19-22-13-7-6-8-14-22)26-17-11-9-15-23(24)26/h6-18,20,29H,4-5,19H2,1-3H3,(H,34,39)(H,33,35,36). The molecule has 3 heterocycles. The molecule has 1 aliphatic rings. The van der Waals surface area contributed by atoms with Crippen LogP contribution in [0.2, 0.25) is 0 Å². The number of benzene rings is 3. The summed E-state index contributed by atoms with van der Waals surface area (Å²) in [6, 6.07) is 25.7. The summed E-state index contributed by atoms with van der Waals surface area (Å²) in [7, 11) is 0. The third kappa shape index (κ3) is 5.20. The van der Waals surface area contributed by atoms with Gasteiger partial charge in [-0.1, -0.05) is 79.3 Å². The number of hydrogen-bond acceptors (Lipinski definition) is 6. The zero-order valence-corrected chi connectivity index (χ0v) is 24.1. The minimum absolute atomic E-state index is 0.224. The number of aromatic nitrogens is 4. The number of ether oxygens (including phenoxy) is 1. The van der Waals surface area contributed by atoms with Crippen molar-refractivity contribution < 1.29 is 9.53 Å². The van der Waals surface area contributed by atoms with Gasteiger partial charge in [0.2, 0.25) is 11.1 Å². The molecule has 41 heavy (non-hydrogen) atoms. The molecule has 0 bridgehead atoms. The molecule has 3 aromatic carbocycles. The summed E-state index contributed by atoms with van der Waals surface area (Å²) in [5.41, 5.74) is 5.20. The number of fused-ring (bicyclic) bond motifs is 2. The Morgan fingerprint density at radius 3 is 2.59 bits per heavy atom. The van der Waals surface area contributed by atoms with Gasteiger partial charge in [-0.3, -0.25) is 4.79 Å². The zero-order chi connectivity index (χ0) is 28.3. The summed E-state index contributed by atoms with van der Waals surface area (Å²) in [6.07, 6.45) is 2.15. The number of hydrogen-bond donors (Lipinski definition) is 2. The maximum Gasteiger partial charge on any atom is 0.255 e. The fraction of sp³-hybridized carbons (Fsp3) is 0.219. The van der Waals surface area contributed by atoms with Crippen molar-refractivity contribution in [3.05, 3.63) is 107 Å². The minimum atomic E-state index is -0.494. The van der Waals surface area contributed by atoms with Crippen LogP contribution in [0, 0.1) is 0 Å². The molecular weight excluding hydrogens is 532 g/mol. The molecule has 1 amide bonds. The first kappa shape index (κ1) is 26.7. The number of nitrogens with one attached hydrogen (secondary N) is 2. The Morgan fingerprint density at radius 1 is 1.02 bits per heavy atom. The molecule has 9 heteroatoms. The van der Waals surface area contributed by atoms with Crippen molar-refractivity contribution in [2.45, 2.75) is 38.5 Å². The van der Waals surface area contributed by atoms with Crippen molar-refractivity contribution in [2.75, 3.05) is 23.0 Å². The summed E-state index contributed by atoms with van der Waals surface area (Å²) < 4.78 is 9.88. The second-order valence-electron chi connectivity index (χ2n) is 9.76. The molecular formula is C32H32N6O2S. The number of thioether (sulfide) groups is 1. The monoisotopic (exact) mass is 564 g/mol. The number of amides is 1. The smallest absolute Gasteiger partial charge is 0.255 e. The van der Waals surface area contributed by atoms with Crippen LogP contribution >= 0.6 is 11.8 Å². The lowest BCUT2D eigenvalue weighted by Crippen LogP contribution is -2.31. The van der Waals surface area contributed by atoms with Crippen molar-refractivity contribution in [2.24, 2.45) is 0 Å². The molecule has 0 saturated carbocycles. The van der Waals surface area contributed by atoms with E-state index in [0.717, 1.165) is 27.9 Å². The van der Waals surface area contributed by atoms with Crippen LogP contribution in [0.4, 0.5) is 11.6 Å². The molecule has 208 valence electrons. The number of carbonyl (C=O) groups is 1. The summed E-state index contributed by atoms with van der Waals surface area (Å²) in [6.45, 7) is 7.13. The predicted molar refractivity (Wildman–Crippen MR) is 165 cm³/mol. The third-order valence-corrected chi connectivity index (χ3v) is 7.82. The van der Waals surface area contributed by atoms with Gasteiger partial charge < -0.3 is 19.9 Å². The van der Waals surface area contributed by atoms with Crippen LogP contribution < -0.4 is 15.4 Å². The third-order valence-electron chi connectivity index (χ3n) is 7.10. The van der Waals surface area contributed by atoms with Crippen molar-refractivity contribution in [1.82, 2.24) is 19.3 Å². The van der Waals surface area contributed by atoms with Crippen molar-refractivity contribution in [3.63, 3.8) is 0 Å². The van der Waals surface area contributed by atoms with Crippen LogP contribution in [-0.4, -0.2) is 37.6 Å². The van der Waals surface area contributed by atoms with Gasteiger partial charge in [0.1, 0.15) is 11.8 Å². The van der Waals surface area contributed by atoms with E-state index in [1.165, 1.54) is 5.56 Å². The highest BCUT2D eigenvalue weighted by Crippen LogP contribution is 2.40. The molecule has 2 aromatic heterocycles. The highest BCUT2D eigenvalue weighted by atomic mass is 32.2. The van der Waals surface area contributed by atoms with Crippen molar-refractivity contribution in [3.8, 4) is 5.75 Å². The van der Waals surface area contributed by atoms with Crippen LogP contribution in [-0.2, 0) is 11.3 Å². The molecule has 0 fully saturated rings. The molecule has 0 saturated heterocycles. The molecule has 6 rings (SSSR count). The average Bonchev–Trinajstić information content (AvgIpc) is 3.55. The Hall–Kier alpha value is -4.50. The second kappa shape index (κ2) is 11.5. The maximum absolute atomic E-state index is 14.2. The van der Waals surface area contributed by atoms with E-state index in [9.17, 15) is 4.79 Å².